The van der Waals surface area contributed by atoms with Gasteiger partial charge in [0.25, 0.3) is 0 Å². The first-order valence-corrected chi connectivity index (χ1v) is 24.9. The van der Waals surface area contributed by atoms with Crippen LogP contribution in [0, 0.1) is 5.92 Å². The van der Waals surface area contributed by atoms with Gasteiger partial charge in [-0.05, 0) is 18.8 Å². The average molecular weight is 732 g/mol. The third-order valence-corrected chi connectivity index (χ3v) is 12.1. The van der Waals surface area contributed by atoms with E-state index in [-0.39, 0.29) is 5.92 Å². The molecule has 0 aliphatic rings. The van der Waals surface area contributed by atoms with Crippen molar-refractivity contribution in [3.63, 3.8) is 0 Å². The number of hydrogen-bond acceptors (Lipinski definition) is 2. The Bertz CT molecular complexity index is 644. The molecule has 0 bridgehead atoms. The topological polar surface area (TPSA) is 40.1 Å². The van der Waals surface area contributed by atoms with Gasteiger partial charge >= 0.3 is 0 Å². The van der Waals surface area contributed by atoms with Crippen LogP contribution in [0.15, 0.2) is 0 Å². The molecule has 0 radical (unpaired) electrons. The maximum absolute atomic E-state index is 11.6. The van der Waals surface area contributed by atoms with Gasteiger partial charge < -0.3 is 9.90 Å². The highest BCUT2D eigenvalue weighted by Gasteiger charge is 2.09. The summed E-state index contributed by atoms with van der Waals surface area (Å²) in [5.41, 5.74) is 0. The van der Waals surface area contributed by atoms with E-state index in [9.17, 15) is 9.90 Å². The molecule has 2 heteroatoms. The summed E-state index contributed by atoms with van der Waals surface area (Å²) >= 11 is 0. The van der Waals surface area contributed by atoms with Gasteiger partial charge in [-0.25, -0.2) is 0 Å². The van der Waals surface area contributed by atoms with E-state index in [1.54, 1.807) is 0 Å². The first-order valence-electron chi connectivity index (χ1n) is 24.9. The summed E-state index contributed by atoms with van der Waals surface area (Å²) < 4.78 is 0. The summed E-state index contributed by atoms with van der Waals surface area (Å²) in [6.45, 7) is 4.59. The highest BCUT2D eigenvalue weighted by Crippen LogP contribution is 2.21. The molecule has 2 nitrogen and oxygen atoms in total. The number of hydrogen-bond donors (Lipinski definition) is 0. The minimum Gasteiger partial charge on any atom is -0.550 e. The van der Waals surface area contributed by atoms with Crippen LogP contribution in [-0.2, 0) is 4.79 Å². The van der Waals surface area contributed by atoms with Gasteiger partial charge in [0, 0.05) is 5.97 Å². The fourth-order valence-electron chi connectivity index (χ4n) is 8.38. The lowest BCUT2D eigenvalue weighted by Gasteiger charge is -2.17. The van der Waals surface area contributed by atoms with Crippen molar-refractivity contribution in [2.45, 2.75) is 309 Å². The third kappa shape index (κ3) is 43.9. The smallest absolute Gasteiger partial charge is 0.0445 e. The molecule has 0 spiro atoms. The van der Waals surface area contributed by atoms with E-state index in [0.29, 0.717) is 0 Å². The van der Waals surface area contributed by atoms with E-state index >= 15 is 0 Å². The summed E-state index contributed by atoms with van der Waals surface area (Å²) in [4.78, 5) is 11.6. The van der Waals surface area contributed by atoms with Crippen LogP contribution in [-0.4, -0.2) is 5.97 Å². The van der Waals surface area contributed by atoms with Crippen LogP contribution >= 0.6 is 0 Å². The molecule has 0 N–H and O–H groups in total. The van der Waals surface area contributed by atoms with Gasteiger partial charge in [-0.15, -0.1) is 0 Å². The summed E-state index contributed by atoms with van der Waals surface area (Å²) in [5, 5.41) is 11.6. The van der Waals surface area contributed by atoms with Crippen LogP contribution in [0.4, 0.5) is 0 Å². The summed E-state index contributed by atoms with van der Waals surface area (Å²) in [7, 11) is 0. The van der Waals surface area contributed by atoms with Crippen molar-refractivity contribution < 1.29 is 9.90 Å². The molecule has 0 saturated heterocycles. The second-order valence-electron chi connectivity index (χ2n) is 17.4. The third-order valence-electron chi connectivity index (χ3n) is 12.1. The highest BCUT2D eigenvalue weighted by molar-refractivity contribution is 5.67. The standard InChI is InChI=1S/C50H100O2/c1-3-5-7-9-11-13-15-17-19-20-21-22-23-24-25-26-27-28-29-30-31-32-33-34-36-38-40-42-44-46-48-49(50(51)52)47-45-43-41-39-37-35-18-16-14-12-10-8-6-4-2/h49H,3-48H2,1-2H3,(H,51,52)/p-1. The molecular formula is C50H99O2-. The summed E-state index contributed by atoms with van der Waals surface area (Å²) in [6.07, 6.45) is 63.1. The number of rotatable bonds is 47. The zero-order chi connectivity index (χ0) is 37.7. The molecule has 0 rings (SSSR count). The van der Waals surface area contributed by atoms with Crippen LogP contribution in [0.5, 0.6) is 0 Å². The van der Waals surface area contributed by atoms with E-state index in [1.807, 2.05) is 0 Å². The number of aliphatic carboxylic acids is 1. The highest BCUT2D eigenvalue weighted by atomic mass is 16.4. The Kier molecular flexibility index (Phi) is 46.1. The lowest BCUT2D eigenvalue weighted by Crippen LogP contribution is -2.31. The molecular weight excluding hydrogens is 633 g/mol. The first kappa shape index (κ1) is 51.5. The van der Waals surface area contributed by atoms with Crippen molar-refractivity contribution in [2.24, 2.45) is 5.92 Å². The normalized spacial score (nSPS) is 12.2. The average Bonchev–Trinajstić information content (AvgIpc) is 3.14. The fourth-order valence-corrected chi connectivity index (χ4v) is 8.38. The molecule has 1 atom stereocenters. The SMILES string of the molecule is CCCCCCCCCCCCCCCCCCCCCCCCCCCCCCCCC(CCCCCCCCCCCCCCCC)C(=O)[O-]. The van der Waals surface area contributed by atoms with Gasteiger partial charge in [-0.2, -0.15) is 0 Å². The molecule has 0 aliphatic heterocycles. The lowest BCUT2D eigenvalue weighted by molar-refractivity contribution is -0.312. The molecule has 1 unspecified atom stereocenters. The molecule has 0 aliphatic carbocycles. The molecule has 312 valence electrons. The van der Waals surface area contributed by atoms with E-state index in [1.165, 1.54) is 270 Å². The molecule has 52 heavy (non-hydrogen) atoms. The molecule has 0 fully saturated rings. The number of carbonyl (C=O) groups is 1. The van der Waals surface area contributed by atoms with Crippen LogP contribution in [0.2, 0.25) is 0 Å². The Hall–Kier alpha value is -0.530. The van der Waals surface area contributed by atoms with Gasteiger partial charge in [0.15, 0.2) is 0 Å². The van der Waals surface area contributed by atoms with E-state index in [0.717, 1.165) is 25.7 Å². The van der Waals surface area contributed by atoms with Crippen LogP contribution in [0.25, 0.3) is 0 Å². The van der Waals surface area contributed by atoms with Crippen LogP contribution in [0.3, 0.4) is 0 Å². The molecule has 0 heterocycles. The zero-order valence-corrected chi connectivity index (χ0v) is 36.4. The Morgan fingerprint density at radius 2 is 0.404 bits per heavy atom. The number of carboxylic acids is 1. The maximum Gasteiger partial charge on any atom is 0.0445 e. The minimum absolute atomic E-state index is 0.212. The Balaban J connectivity index is 3.28. The van der Waals surface area contributed by atoms with Gasteiger partial charge in [-0.1, -0.05) is 296 Å². The molecule has 0 amide bonds. The predicted molar refractivity (Wildman–Crippen MR) is 232 cm³/mol. The Morgan fingerprint density at radius 1 is 0.269 bits per heavy atom. The lowest BCUT2D eigenvalue weighted by atomic mass is 9.94. The number of carboxylic acid groups (broad SMARTS) is 1. The van der Waals surface area contributed by atoms with Crippen molar-refractivity contribution in [2.75, 3.05) is 0 Å². The van der Waals surface area contributed by atoms with Crippen molar-refractivity contribution in [1.29, 1.82) is 0 Å². The van der Waals surface area contributed by atoms with Gasteiger partial charge in [0.05, 0.1) is 0 Å². The van der Waals surface area contributed by atoms with Crippen molar-refractivity contribution in [1.82, 2.24) is 0 Å². The minimum atomic E-state index is -0.801. The number of unbranched alkanes of at least 4 members (excludes halogenated alkanes) is 42. The quantitative estimate of drug-likeness (QED) is 0.0585. The Labute approximate surface area is 330 Å². The monoisotopic (exact) mass is 732 g/mol. The van der Waals surface area contributed by atoms with Crippen LogP contribution in [0.1, 0.15) is 309 Å². The second kappa shape index (κ2) is 46.6. The molecule has 0 saturated carbocycles. The zero-order valence-electron chi connectivity index (χ0n) is 36.4. The summed E-state index contributed by atoms with van der Waals surface area (Å²) in [6, 6.07) is 0. The van der Waals surface area contributed by atoms with E-state index in [4.69, 9.17) is 0 Å². The first-order chi connectivity index (χ1) is 25.7. The van der Waals surface area contributed by atoms with Crippen molar-refractivity contribution >= 4 is 5.97 Å². The van der Waals surface area contributed by atoms with Crippen LogP contribution < -0.4 is 5.11 Å². The maximum atomic E-state index is 11.6. The Morgan fingerprint density at radius 3 is 0.538 bits per heavy atom. The largest absolute Gasteiger partial charge is 0.550 e. The molecule has 0 aromatic carbocycles. The van der Waals surface area contributed by atoms with E-state index < -0.39 is 5.97 Å². The molecule has 0 aromatic rings. The summed E-state index contributed by atoms with van der Waals surface area (Å²) in [5.74, 6) is -1.01. The number of carbonyl (C=O) groups excluding carboxylic acids is 1. The van der Waals surface area contributed by atoms with Crippen molar-refractivity contribution in [3.8, 4) is 0 Å². The van der Waals surface area contributed by atoms with Crippen molar-refractivity contribution in [3.05, 3.63) is 0 Å². The molecule has 0 aromatic heterocycles. The van der Waals surface area contributed by atoms with Gasteiger partial charge in [-0.3, -0.25) is 0 Å². The van der Waals surface area contributed by atoms with E-state index in [2.05, 4.69) is 13.8 Å². The predicted octanol–water partition coefficient (Wildman–Crippen LogP) is 17.3. The van der Waals surface area contributed by atoms with Gasteiger partial charge in [0.1, 0.15) is 0 Å². The fraction of sp³-hybridized carbons (Fsp3) is 0.980. The second-order valence-corrected chi connectivity index (χ2v) is 17.4. The van der Waals surface area contributed by atoms with Gasteiger partial charge in [0.2, 0.25) is 0 Å².